The number of ether oxygens (including phenoxy) is 1. The van der Waals surface area contributed by atoms with Crippen molar-refractivity contribution in [3.8, 4) is 0 Å². The second-order valence-electron chi connectivity index (χ2n) is 2.66. The summed E-state index contributed by atoms with van der Waals surface area (Å²) in [6.07, 6.45) is 0. The van der Waals surface area contributed by atoms with Crippen molar-refractivity contribution >= 4 is 5.97 Å². The highest BCUT2D eigenvalue weighted by Crippen LogP contribution is 2.05. The number of esters is 1. The summed E-state index contributed by atoms with van der Waals surface area (Å²) in [6, 6.07) is 0.0300. The van der Waals surface area contributed by atoms with Crippen molar-refractivity contribution in [1.29, 1.82) is 0 Å². The van der Waals surface area contributed by atoms with Crippen molar-refractivity contribution < 1.29 is 21.9 Å². The van der Waals surface area contributed by atoms with Gasteiger partial charge in [-0.3, -0.25) is 0 Å². The summed E-state index contributed by atoms with van der Waals surface area (Å²) in [4.78, 5) is 12.8. The fraction of sp³-hybridized carbons (Fsp3) is 0.625. The molecule has 0 fully saturated rings. The number of carbonyl (C=O) groups is 1. The Balaban J connectivity index is 0. The molecule has 1 atom stereocenters. The Bertz CT molecular complexity index is 168. The minimum absolute atomic E-state index is 0. The number of hydrogen-bond donors (Lipinski definition) is 0. The molecule has 0 aromatic carbocycles. The first kappa shape index (κ1) is 14.0. The second kappa shape index (κ2) is 6.03. The first-order valence-electron chi connectivity index (χ1n) is 3.44. The van der Waals surface area contributed by atoms with Crippen LogP contribution in [0.15, 0.2) is 12.2 Å². The summed E-state index contributed by atoms with van der Waals surface area (Å²) < 4.78 is 4.52. The van der Waals surface area contributed by atoms with Gasteiger partial charge in [-0.2, -0.15) is 0 Å². The molecule has 1 unspecified atom stereocenters. The molecule has 0 bridgehead atoms. The van der Waals surface area contributed by atoms with Crippen LogP contribution in [0.2, 0.25) is 0 Å². The average Bonchev–Trinajstić information content (AvgIpc) is 2.00. The van der Waals surface area contributed by atoms with E-state index in [0.717, 1.165) is 0 Å². The fourth-order valence-electron chi connectivity index (χ4n) is 0.613. The molecule has 4 heteroatoms. The van der Waals surface area contributed by atoms with E-state index < -0.39 is 0 Å². The van der Waals surface area contributed by atoms with Crippen LogP contribution >= 0.6 is 0 Å². The summed E-state index contributed by atoms with van der Waals surface area (Å²) >= 11 is 0. The topological polar surface area (TPSA) is 29.5 Å². The van der Waals surface area contributed by atoms with Crippen LogP contribution in [0, 0.1) is 0 Å². The summed E-state index contributed by atoms with van der Waals surface area (Å²) in [5, 5.41) is 0. The van der Waals surface area contributed by atoms with E-state index in [0.29, 0.717) is 5.57 Å². The number of carbonyl (C=O) groups excluding carboxylic acids is 1. The number of halogens is 1. The van der Waals surface area contributed by atoms with Gasteiger partial charge in [0.15, 0.2) is 0 Å². The van der Waals surface area contributed by atoms with Crippen LogP contribution in [0.4, 0.5) is 0 Å². The van der Waals surface area contributed by atoms with Crippen LogP contribution in [0.5, 0.6) is 0 Å². The zero-order valence-corrected chi connectivity index (χ0v) is 8.68. The van der Waals surface area contributed by atoms with Crippen LogP contribution in [0.3, 0.4) is 0 Å². The van der Waals surface area contributed by atoms with Crippen molar-refractivity contribution in [2.45, 2.75) is 13.0 Å². The highest BCUT2D eigenvalue weighted by atomic mass is 35.5. The van der Waals surface area contributed by atoms with E-state index in [4.69, 9.17) is 0 Å². The Kier molecular flexibility index (Phi) is 7.04. The first-order chi connectivity index (χ1) is 5.00. The molecule has 0 aliphatic heterocycles. The van der Waals surface area contributed by atoms with Gasteiger partial charge < -0.3 is 22.0 Å². The van der Waals surface area contributed by atoms with Gasteiger partial charge in [-0.05, 0) is 21.0 Å². The number of hydrogen-bond acceptors (Lipinski definition) is 3. The largest absolute Gasteiger partial charge is 1.00 e. The Morgan fingerprint density at radius 1 is 1.50 bits per heavy atom. The van der Waals surface area contributed by atoms with E-state index in [1.165, 1.54) is 7.11 Å². The highest BCUT2D eigenvalue weighted by molar-refractivity contribution is 5.88. The van der Waals surface area contributed by atoms with Crippen LogP contribution in [0.25, 0.3) is 0 Å². The molecule has 3 nitrogen and oxygen atoms in total. The summed E-state index contributed by atoms with van der Waals surface area (Å²) in [7, 11) is 5.13. The van der Waals surface area contributed by atoms with Gasteiger partial charge in [0.05, 0.1) is 7.11 Å². The SMILES string of the molecule is C=C(C(=O)OC)C(C)N(C)C.[Cl-]. The lowest BCUT2D eigenvalue weighted by Crippen LogP contribution is -3.00. The molecule has 0 N–H and O–H groups in total. The molecule has 0 saturated carbocycles. The van der Waals surface area contributed by atoms with Crippen LogP contribution in [-0.4, -0.2) is 38.1 Å². The smallest absolute Gasteiger partial charge is 0.334 e. The number of likely N-dealkylation sites (N-methyl/N-ethyl adjacent to an activating group) is 1. The predicted octanol–water partition coefficient (Wildman–Crippen LogP) is -2.33. The Morgan fingerprint density at radius 3 is 2.17 bits per heavy atom. The second-order valence-corrected chi connectivity index (χ2v) is 2.66. The van der Waals surface area contributed by atoms with Gasteiger partial charge in [0.25, 0.3) is 0 Å². The summed E-state index contributed by atoms with van der Waals surface area (Å²) in [6.45, 7) is 5.53. The zero-order chi connectivity index (χ0) is 9.02. The molecule has 0 aliphatic rings. The maximum absolute atomic E-state index is 10.9. The van der Waals surface area contributed by atoms with Gasteiger partial charge in [0.1, 0.15) is 0 Å². The van der Waals surface area contributed by atoms with E-state index in [-0.39, 0.29) is 24.4 Å². The van der Waals surface area contributed by atoms with Gasteiger partial charge in [-0.15, -0.1) is 0 Å². The third-order valence-electron chi connectivity index (χ3n) is 1.73. The molecular formula is C8H15ClNO2-. The number of rotatable bonds is 3. The Labute approximate surface area is 79.8 Å². The van der Waals surface area contributed by atoms with Crippen molar-refractivity contribution in [2.24, 2.45) is 0 Å². The van der Waals surface area contributed by atoms with Crippen molar-refractivity contribution in [3.63, 3.8) is 0 Å². The van der Waals surface area contributed by atoms with Crippen molar-refractivity contribution in [2.75, 3.05) is 21.2 Å². The van der Waals surface area contributed by atoms with E-state index in [1.54, 1.807) is 0 Å². The van der Waals surface area contributed by atoms with Gasteiger partial charge in [0.2, 0.25) is 0 Å². The molecule has 0 aromatic heterocycles. The molecular weight excluding hydrogens is 178 g/mol. The number of nitrogens with zero attached hydrogens (tertiary/aromatic N) is 1. The molecule has 0 radical (unpaired) electrons. The lowest BCUT2D eigenvalue weighted by molar-refractivity contribution is -0.136. The van der Waals surface area contributed by atoms with Crippen molar-refractivity contribution in [1.82, 2.24) is 4.90 Å². The minimum atomic E-state index is -0.341. The molecule has 0 spiro atoms. The highest BCUT2D eigenvalue weighted by Gasteiger charge is 2.15. The maximum Gasteiger partial charge on any atom is 0.334 e. The lowest BCUT2D eigenvalue weighted by atomic mass is 10.1. The van der Waals surface area contributed by atoms with E-state index in [1.807, 2.05) is 25.9 Å². The van der Waals surface area contributed by atoms with Crippen LogP contribution < -0.4 is 12.4 Å². The fourth-order valence-corrected chi connectivity index (χ4v) is 0.613. The monoisotopic (exact) mass is 192 g/mol. The molecule has 72 valence electrons. The molecule has 0 rings (SSSR count). The molecule has 0 saturated heterocycles. The number of methoxy groups -OCH3 is 1. The van der Waals surface area contributed by atoms with Gasteiger partial charge >= 0.3 is 5.97 Å². The van der Waals surface area contributed by atoms with Gasteiger partial charge in [-0.1, -0.05) is 6.58 Å². The lowest BCUT2D eigenvalue weighted by Gasteiger charge is -2.20. The average molecular weight is 193 g/mol. The third-order valence-corrected chi connectivity index (χ3v) is 1.73. The third kappa shape index (κ3) is 3.74. The first-order valence-corrected chi connectivity index (χ1v) is 3.44. The molecule has 0 amide bonds. The Morgan fingerprint density at radius 2 is 1.92 bits per heavy atom. The summed E-state index contributed by atoms with van der Waals surface area (Å²) in [5.74, 6) is -0.341. The van der Waals surface area contributed by atoms with E-state index in [2.05, 4.69) is 11.3 Å². The maximum atomic E-state index is 10.9. The minimum Gasteiger partial charge on any atom is -1.00 e. The van der Waals surface area contributed by atoms with Gasteiger partial charge in [0, 0.05) is 11.6 Å². The summed E-state index contributed by atoms with van der Waals surface area (Å²) in [5.41, 5.74) is 0.484. The zero-order valence-electron chi connectivity index (χ0n) is 7.93. The van der Waals surface area contributed by atoms with Crippen LogP contribution in [-0.2, 0) is 9.53 Å². The molecule has 12 heavy (non-hydrogen) atoms. The predicted molar refractivity (Wildman–Crippen MR) is 44.3 cm³/mol. The molecule has 0 heterocycles. The Hall–Kier alpha value is -0.540. The quantitative estimate of drug-likeness (QED) is 0.371. The van der Waals surface area contributed by atoms with E-state index in [9.17, 15) is 4.79 Å². The molecule has 0 aliphatic carbocycles. The standard InChI is InChI=1S/C8H15NO2.ClH/c1-6(8(10)11-5)7(2)9(3)4;/h7H,1H2,2-5H3;1H/p-1. The molecule has 0 aromatic rings. The van der Waals surface area contributed by atoms with Gasteiger partial charge in [-0.25, -0.2) is 4.79 Å². The van der Waals surface area contributed by atoms with Crippen LogP contribution in [0.1, 0.15) is 6.92 Å². The van der Waals surface area contributed by atoms with Crippen molar-refractivity contribution in [3.05, 3.63) is 12.2 Å². The van der Waals surface area contributed by atoms with E-state index >= 15 is 0 Å². The normalized spacial score (nSPS) is 11.8.